The number of hydrogen-bond acceptors (Lipinski definition) is 8. The third-order valence-electron chi connectivity index (χ3n) is 6.11. The largest absolute Gasteiger partial charge is 0.481 e. The Balaban J connectivity index is 2.05. The molecule has 2 aromatic carbocycles. The summed E-state index contributed by atoms with van der Waals surface area (Å²) in [4.78, 5) is 74.6. The molecule has 6 N–H and O–H groups in total. The van der Waals surface area contributed by atoms with Gasteiger partial charge in [0.2, 0.25) is 23.6 Å². The Morgan fingerprint density at radius 1 is 1.02 bits per heavy atom. The van der Waals surface area contributed by atoms with E-state index in [1.807, 2.05) is 0 Å². The van der Waals surface area contributed by atoms with E-state index < -0.39 is 66.2 Å². The first kappa shape index (κ1) is 30.9. The second-order valence-corrected chi connectivity index (χ2v) is 9.66. The molecule has 2 aromatic rings. The predicted molar refractivity (Wildman–Crippen MR) is 147 cm³/mol. The molecule has 2 heterocycles. The fourth-order valence-electron chi connectivity index (χ4n) is 4.06. The van der Waals surface area contributed by atoms with Gasteiger partial charge in [-0.1, -0.05) is 24.3 Å². The molecule has 2 aliphatic heterocycles. The first-order valence-electron chi connectivity index (χ1n) is 12.6. The maximum Gasteiger partial charge on any atom is 0.327 e. The Morgan fingerprint density at radius 2 is 1.73 bits per heavy atom. The first-order valence-corrected chi connectivity index (χ1v) is 13.2. The predicted octanol–water partition coefficient (Wildman–Crippen LogP) is 0.546. The molecule has 0 radical (unpaired) electrons. The zero-order chi connectivity index (χ0) is 30.1. The molecule has 218 valence electrons. The summed E-state index contributed by atoms with van der Waals surface area (Å²) in [7, 11) is 0. The summed E-state index contributed by atoms with van der Waals surface area (Å²) in [5, 5.41) is 28.4. The lowest BCUT2D eigenvalue weighted by molar-refractivity contribution is -0.141. The van der Waals surface area contributed by atoms with Crippen molar-refractivity contribution in [3.05, 3.63) is 59.7 Å². The minimum atomic E-state index is -1.42. The molecule has 2 aliphatic rings. The van der Waals surface area contributed by atoms with E-state index in [0.717, 1.165) is 0 Å². The fraction of sp³-hybridized carbons (Fsp3) is 0.333. The number of benzene rings is 2. The van der Waals surface area contributed by atoms with Gasteiger partial charge in [0.1, 0.15) is 35.7 Å². The van der Waals surface area contributed by atoms with E-state index in [4.69, 9.17) is 4.74 Å². The van der Waals surface area contributed by atoms with E-state index in [-0.39, 0.29) is 18.6 Å². The number of ether oxygens (including phenoxy) is 1. The molecule has 13 nitrogen and oxygen atoms in total. The van der Waals surface area contributed by atoms with Crippen molar-refractivity contribution in [2.24, 2.45) is 0 Å². The van der Waals surface area contributed by atoms with Crippen LogP contribution in [0.15, 0.2) is 48.5 Å². The summed E-state index contributed by atoms with van der Waals surface area (Å²) in [6.45, 7) is 1.21. The lowest BCUT2D eigenvalue weighted by Crippen LogP contribution is -2.57. The zero-order valence-electron chi connectivity index (χ0n) is 22.0. The Labute approximate surface area is 240 Å². The normalized spacial score (nSPS) is 19.6. The highest BCUT2D eigenvalue weighted by atomic mass is 32.1. The standard InChI is InChI=1S/C27H30N4O9S/c1-14(32)28-23-16-3-2-4-18(12-16)40-17-7-5-15(6-8-17)11-20(25(36)31-21(13-41)27(38)39)30-24(35)19(29-26(23)37)9-10-22(33)34/h2-8,12,19-21,23,41H,9-11,13H2,1H3,(H,28,32)(H,29,37)(H,30,35)(H,31,36)(H,33,34)(H,38,39)/t19-,20+,21-,23+/m0/s1. The minimum Gasteiger partial charge on any atom is -0.481 e. The molecule has 4 rings (SSSR count). The first-order chi connectivity index (χ1) is 19.5. The van der Waals surface area contributed by atoms with Crippen molar-refractivity contribution in [3.63, 3.8) is 0 Å². The second-order valence-electron chi connectivity index (χ2n) is 9.29. The van der Waals surface area contributed by atoms with Crippen LogP contribution in [-0.4, -0.2) is 69.7 Å². The number of thiol groups is 1. The molecule has 4 amide bonds. The molecule has 14 heteroatoms. The van der Waals surface area contributed by atoms with Crippen molar-refractivity contribution < 1.29 is 43.7 Å². The Kier molecular flexibility index (Phi) is 10.7. The van der Waals surface area contributed by atoms with Gasteiger partial charge in [0.05, 0.1) is 0 Å². The lowest BCUT2D eigenvalue weighted by Gasteiger charge is -2.26. The summed E-state index contributed by atoms with van der Waals surface area (Å²) >= 11 is 3.95. The number of nitrogens with one attached hydrogen (secondary N) is 4. The van der Waals surface area contributed by atoms with Crippen LogP contribution in [0.5, 0.6) is 11.5 Å². The van der Waals surface area contributed by atoms with Crippen molar-refractivity contribution in [2.75, 3.05) is 5.75 Å². The SMILES string of the molecule is CC(=O)N[C@H]1C(=O)N[C@@H](CCC(=O)O)C(=O)N[C@@H](C(=O)N[C@@H](CS)C(=O)O)Cc2ccc(cc2)Oc2cccc1c2. The maximum absolute atomic E-state index is 13.4. The van der Waals surface area contributed by atoms with Crippen molar-refractivity contribution in [2.45, 2.75) is 50.4 Å². The van der Waals surface area contributed by atoms with Crippen LogP contribution in [-0.2, 0) is 35.2 Å². The molecule has 4 bridgehead atoms. The number of carboxylic acid groups (broad SMARTS) is 2. The Hall–Kier alpha value is -4.59. The van der Waals surface area contributed by atoms with Crippen molar-refractivity contribution in [1.82, 2.24) is 21.3 Å². The summed E-state index contributed by atoms with van der Waals surface area (Å²) in [5.41, 5.74) is 0.924. The van der Waals surface area contributed by atoms with E-state index in [1.54, 1.807) is 48.5 Å². The van der Waals surface area contributed by atoms with E-state index in [2.05, 4.69) is 33.9 Å². The van der Waals surface area contributed by atoms with E-state index in [9.17, 15) is 39.0 Å². The molecule has 0 aliphatic carbocycles. The molecule has 0 saturated heterocycles. The summed E-state index contributed by atoms with van der Waals surface area (Å²) < 4.78 is 5.90. The number of amides is 4. The molecule has 0 aromatic heterocycles. The van der Waals surface area contributed by atoms with E-state index in [1.165, 1.54) is 6.92 Å². The third kappa shape index (κ3) is 8.96. The highest BCUT2D eigenvalue weighted by molar-refractivity contribution is 7.80. The van der Waals surface area contributed by atoms with Gasteiger partial charge in [0, 0.05) is 25.5 Å². The Bertz CT molecular complexity index is 1320. The number of carbonyl (C=O) groups excluding carboxylic acids is 4. The summed E-state index contributed by atoms with van der Waals surface area (Å²) in [6.07, 6.45) is -0.897. The monoisotopic (exact) mass is 586 g/mol. The van der Waals surface area contributed by atoms with Gasteiger partial charge in [-0.05, 0) is 41.8 Å². The van der Waals surface area contributed by atoms with Crippen molar-refractivity contribution in [3.8, 4) is 11.5 Å². The fourth-order valence-corrected chi connectivity index (χ4v) is 4.31. The molecule has 4 atom stereocenters. The Morgan fingerprint density at radius 3 is 2.34 bits per heavy atom. The average molecular weight is 587 g/mol. The van der Waals surface area contributed by atoms with Gasteiger partial charge < -0.3 is 36.2 Å². The summed E-state index contributed by atoms with van der Waals surface area (Å²) in [5.74, 6) is -5.02. The minimum absolute atomic E-state index is 0.0691. The van der Waals surface area contributed by atoms with Crippen LogP contribution in [0.2, 0.25) is 0 Å². The third-order valence-corrected chi connectivity index (χ3v) is 6.48. The van der Waals surface area contributed by atoms with Gasteiger partial charge in [-0.3, -0.25) is 24.0 Å². The topological polar surface area (TPSA) is 200 Å². The number of carboxylic acids is 2. The molecule has 0 saturated carbocycles. The maximum atomic E-state index is 13.4. The molecular formula is C27H30N4O9S. The van der Waals surface area contributed by atoms with Crippen LogP contribution in [0.25, 0.3) is 0 Å². The van der Waals surface area contributed by atoms with Gasteiger partial charge in [0.15, 0.2) is 0 Å². The van der Waals surface area contributed by atoms with Gasteiger partial charge in [-0.2, -0.15) is 12.6 Å². The number of aliphatic carboxylic acids is 2. The van der Waals surface area contributed by atoms with Crippen LogP contribution in [0.4, 0.5) is 0 Å². The van der Waals surface area contributed by atoms with E-state index >= 15 is 0 Å². The van der Waals surface area contributed by atoms with Gasteiger partial charge in [0.25, 0.3) is 0 Å². The molecule has 41 heavy (non-hydrogen) atoms. The van der Waals surface area contributed by atoms with Gasteiger partial charge >= 0.3 is 11.9 Å². The number of fused-ring (bicyclic) bond motifs is 9. The van der Waals surface area contributed by atoms with Gasteiger partial charge in [-0.15, -0.1) is 0 Å². The molecular weight excluding hydrogens is 556 g/mol. The highest BCUT2D eigenvalue weighted by Gasteiger charge is 2.32. The molecule has 0 fully saturated rings. The van der Waals surface area contributed by atoms with Crippen LogP contribution >= 0.6 is 12.6 Å². The number of rotatable bonds is 8. The molecule has 0 spiro atoms. The van der Waals surface area contributed by atoms with E-state index in [0.29, 0.717) is 22.6 Å². The van der Waals surface area contributed by atoms with Crippen LogP contribution in [0, 0.1) is 0 Å². The number of hydrogen-bond donors (Lipinski definition) is 7. The zero-order valence-corrected chi connectivity index (χ0v) is 22.9. The second kappa shape index (κ2) is 14.2. The van der Waals surface area contributed by atoms with Crippen molar-refractivity contribution in [1.29, 1.82) is 0 Å². The molecule has 0 unspecified atom stereocenters. The number of carbonyl (C=O) groups is 6. The highest BCUT2D eigenvalue weighted by Crippen LogP contribution is 2.26. The van der Waals surface area contributed by atoms with Crippen LogP contribution < -0.4 is 26.0 Å². The summed E-state index contributed by atoms with van der Waals surface area (Å²) in [6, 6.07) is 7.66. The van der Waals surface area contributed by atoms with Crippen LogP contribution in [0.1, 0.15) is 36.9 Å². The van der Waals surface area contributed by atoms with Gasteiger partial charge in [-0.25, -0.2) is 4.79 Å². The van der Waals surface area contributed by atoms with Crippen LogP contribution in [0.3, 0.4) is 0 Å². The lowest BCUT2D eigenvalue weighted by atomic mass is 10.0. The smallest absolute Gasteiger partial charge is 0.327 e. The quantitative estimate of drug-likeness (QED) is 0.216. The average Bonchev–Trinajstić information content (AvgIpc) is 2.92. The van der Waals surface area contributed by atoms with Crippen molar-refractivity contribution >= 4 is 48.2 Å².